The van der Waals surface area contributed by atoms with Gasteiger partial charge in [-0.15, -0.1) is 35.3 Å². The minimum atomic E-state index is 0. The monoisotopic (exact) mass is 448 g/mol. The van der Waals surface area contributed by atoms with Gasteiger partial charge in [0.2, 0.25) is 0 Å². The summed E-state index contributed by atoms with van der Waals surface area (Å²) in [6.45, 7) is 6.73. The number of nitrogens with one attached hydrogen (secondary N) is 2. The smallest absolute Gasteiger partial charge is 0.191 e. The molecule has 2 aromatic rings. The van der Waals surface area contributed by atoms with Crippen molar-refractivity contribution < 1.29 is 0 Å². The minimum Gasteiger partial charge on any atom is -0.356 e. The summed E-state index contributed by atoms with van der Waals surface area (Å²) in [4.78, 5) is 14.0. The molecule has 0 amide bonds. The van der Waals surface area contributed by atoms with Crippen LogP contribution in [0.2, 0.25) is 0 Å². The van der Waals surface area contributed by atoms with Crippen LogP contribution < -0.4 is 10.6 Å². The molecule has 0 saturated carbocycles. The van der Waals surface area contributed by atoms with E-state index in [0.717, 1.165) is 42.7 Å². The summed E-state index contributed by atoms with van der Waals surface area (Å²) in [5, 5.41) is 7.70. The van der Waals surface area contributed by atoms with E-state index in [9.17, 15) is 0 Å². The van der Waals surface area contributed by atoms with Gasteiger partial charge in [0.25, 0.3) is 0 Å². The Bertz CT molecular complexity index is 607. The number of halogens is 1. The number of nitrogens with zero attached hydrogens (tertiary/aromatic N) is 4. The van der Waals surface area contributed by atoms with Gasteiger partial charge in [0.15, 0.2) is 5.96 Å². The highest BCUT2D eigenvalue weighted by atomic mass is 127. The fraction of sp³-hybridized carbons (Fsp3) is 0.533. The zero-order chi connectivity index (χ0) is 15.8. The van der Waals surface area contributed by atoms with Crippen LogP contribution in [0, 0.1) is 13.8 Å². The van der Waals surface area contributed by atoms with Crippen LogP contribution in [0.25, 0.3) is 0 Å². The van der Waals surface area contributed by atoms with Crippen LogP contribution in [0.1, 0.15) is 28.6 Å². The number of guanidine groups is 1. The molecule has 0 spiro atoms. The summed E-state index contributed by atoms with van der Waals surface area (Å²) in [5.41, 5.74) is 0. The van der Waals surface area contributed by atoms with Gasteiger partial charge in [-0.25, -0.2) is 9.97 Å². The number of rotatable bonds is 7. The predicted molar refractivity (Wildman–Crippen MR) is 107 cm³/mol. The average molecular weight is 448 g/mol. The molecular formula is C15H25IN6S. The zero-order valence-electron chi connectivity index (χ0n) is 13.9. The molecule has 0 fully saturated rings. The van der Waals surface area contributed by atoms with E-state index in [0.29, 0.717) is 6.54 Å². The molecule has 0 aliphatic rings. The topological polar surface area (TPSA) is 67.1 Å². The number of imidazole rings is 1. The summed E-state index contributed by atoms with van der Waals surface area (Å²) in [6.07, 6.45) is 7.98. The first kappa shape index (κ1) is 19.9. The zero-order valence-corrected chi connectivity index (χ0v) is 17.0. The Morgan fingerprint density at radius 3 is 2.70 bits per heavy atom. The summed E-state index contributed by atoms with van der Waals surface area (Å²) in [5.74, 6) is 1.90. The fourth-order valence-electron chi connectivity index (χ4n) is 2.12. The number of aliphatic imine (C=N–C) groups is 1. The van der Waals surface area contributed by atoms with Crippen molar-refractivity contribution in [3.63, 3.8) is 0 Å². The van der Waals surface area contributed by atoms with Crippen LogP contribution in [0.5, 0.6) is 0 Å². The van der Waals surface area contributed by atoms with Crippen LogP contribution in [-0.2, 0) is 13.1 Å². The fourth-order valence-corrected chi connectivity index (χ4v) is 2.84. The largest absolute Gasteiger partial charge is 0.356 e. The van der Waals surface area contributed by atoms with Crippen LogP contribution in [-0.4, -0.2) is 34.1 Å². The first-order valence-electron chi connectivity index (χ1n) is 7.52. The number of aryl methyl sites for hydroxylation is 3. The molecule has 6 nitrogen and oxygen atoms in total. The third kappa shape index (κ3) is 6.86. The van der Waals surface area contributed by atoms with E-state index in [4.69, 9.17) is 0 Å². The molecule has 0 unspecified atom stereocenters. The van der Waals surface area contributed by atoms with Crippen molar-refractivity contribution in [3.05, 3.63) is 34.3 Å². The van der Waals surface area contributed by atoms with Gasteiger partial charge in [-0.1, -0.05) is 0 Å². The molecule has 23 heavy (non-hydrogen) atoms. The Kier molecular flexibility index (Phi) is 9.15. The highest BCUT2D eigenvalue weighted by Crippen LogP contribution is 2.10. The second-order valence-electron chi connectivity index (χ2n) is 5.09. The predicted octanol–water partition coefficient (Wildman–Crippen LogP) is 2.72. The van der Waals surface area contributed by atoms with Crippen molar-refractivity contribution in [1.29, 1.82) is 0 Å². The maximum Gasteiger partial charge on any atom is 0.191 e. The lowest BCUT2D eigenvalue weighted by Crippen LogP contribution is -2.37. The Labute approximate surface area is 158 Å². The number of thiazole rings is 1. The van der Waals surface area contributed by atoms with Gasteiger partial charge in [-0.3, -0.25) is 4.99 Å². The van der Waals surface area contributed by atoms with E-state index in [2.05, 4.69) is 37.1 Å². The van der Waals surface area contributed by atoms with Gasteiger partial charge in [0.05, 0.1) is 6.54 Å². The average Bonchev–Trinajstić information content (AvgIpc) is 3.11. The van der Waals surface area contributed by atoms with E-state index in [1.54, 1.807) is 18.4 Å². The molecule has 0 radical (unpaired) electrons. The van der Waals surface area contributed by atoms with Gasteiger partial charge in [0, 0.05) is 43.6 Å². The Balaban J connectivity index is 0.00000264. The third-order valence-corrected chi connectivity index (χ3v) is 4.25. The van der Waals surface area contributed by atoms with E-state index in [1.807, 2.05) is 25.5 Å². The second-order valence-corrected chi connectivity index (χ2v) is 6.41. The van der Waals surface area contributed by atoms with Crippen molar-refractivity contribution in [2.45, 2.75) is 39.8 Å². The molecule has 0 atom stereocenters. The molecule has 0 aliphatic heterocycles. The first-order chi connectivity index (χ1) is 10.7. The van der Waals surface area contributed by atoms with E-state index >= 15 is 0 Å². The van der Waals surface area contributed by atoms with E-state index in [1.165, 1.54) is 4.88 Å². The summed E-state index contributed by atoms with van der Waals surface area (Å²) in [7, 11) is 1.79. The van der Waals surface area contributed by atoms with Crippen LogP contribution >= 0.6 is 35.3 Å². The lowest BCUT2D eigenvalue weighted by molar-refractivity contribution is 0.588. The summed E-state index contributed by atoms with van der Waals surface area (Å²) < 4.78 is 2.18. The van der Waals surface area contributed by atoms with Crippen molar-refractivity contribution in [3.8, 4) is 0 Å². The van der Waals surface area contributed by atoms with Crippen molar-refractivity contribution in [2.24, 2.45) is 4.99 Å². The van der Waals surface area contributed by atoms with E-state index < -0.39 is 0 Å². The van der Waals surface area contributed by atoms with Crippen LogP contribution in [0.4, 0.5) is 0 Å². The molecule has 2 N–H and O–H groups in total. The SMILES string of the molecule is CN=C(NCCCCn1ccnc1C)NCc1ncc(C)s1.I. The second kappa shape index (κ2) is 10.6. The molecule has 0 aromatic carbocycles. The number of hydrogen-bond acceptors (Lipinski definition) is 4. The third-order valence-electron chi connectivity index (χ3n) is 3.34. The van der Waals surface area contributed by atoms with Gasteiger partial charge in [-0.05, 0) is 26.7 Å². The standard InChI is InChI=1S/C15H24N6S.HI/c1-12-10-19-14(22-12)11-20-15(16-3)18-6-4-5-8-21-9-7-17-13(21)2;/h7,9-10H,4-6,8,11H2,1-3H3,(H2,16,18,20);1H. The molecule has 0 aliphatic carbocycles. The van der Waals surface area contributed by atoms with Crippen molar-refractivity contribution in [1.82, 2.24) is 25.2 Å². The highest BCUT2D eigenvalue weighted by molar-refractivity contribution is 14.0. The quantitative estimate of drug-likeness (QED) is 0.296. The van der Waals surface area contributed by atoms with Crippen molar-refractivity contribution >= 4 is 41.3 Å². The van der Waals surface area contributed by atoms with Crippen LogP contribution in [0.15, 0.2) is 23.6 Å². The molecule has 2 heterocycles. The molecule has 2 rings (SSSR count). The van der Waals surface area contributed by atoms with Crippen LogP contribution in [0.3, 0.4) is 0 Å². The summed E-state index contributed by atoms with van der Waals surface area (Å²) >= 11 is 1.71. The normalized spacial score (nSPS) is 11.2. The molecule has 128 valence electrons. The number of hydrogen-bond donors (Lipinski definition) is 2. The molecule has 0 saturated heterocycles. The lowest BCUT2D eigenvalue weighted by atomic mass is 10.3. The van der Waals surface area contributed by atoms with E-state index in [-0.39, 0.29) is 24.0 Å². The van der Waals surface area contributed by atoms with Crippen molar-refractivity contribution in [2.75, 3.05) is 13.6 Å². The van der Waals surface area contributed by atoms with Gasteiger partial charge in [0.1, 0.15) is 10.8 Å². The minimum absolute atomic E-state index is 0. The number of unbranched alkanes of at least 4 members (excludes halogenated alkanes) is 1. The molecule has 2 aromatic heterocycles. The van der Waals surface area contributed by atoms with Gasteiger partial charge >= 0.3 is 0 Å². The highest BCUT2D eigenvalue weighted by Gasteiger charge is 2.01. The maximum atomic E-state index is 4.33. The molecule has 0 bridgehead atoms. The molecule has 8 heteroatoms. The first-order valence-corrected chi connectivity index (χ1v) is 8.34. The Hall–Kier alpha value is -1.16. The Morgan fingerprint density at radius 1 is 1.26 bits per heavy atom. The number of aromatic nitrogens is 3. The lowest BCUT2D eigenvalue weighted by Gasteiger charge is -2.11. The molecular weight excluding hydrogens is 423 g/mol. The van der Waals surface area contributed by atoms with Gasteiger partial charge in [-0.2, -0.15) is 0 Å². The van der Waals surface area contributed by atoms with Gasteiger partial charge < -0.3 is 15.2 Å². The summed E-state index contributed by atoms with van der Waals surface area (Å²) in [6, 6.07) is 0. The maximum absolute atomic E-state index is 4.33. The Morgan fingerprint density at radius 2 is 2.09 bits per heavy atom.